The van der Waals surface area contributed by atoms with Crippen LogP contribution in [0.1, 0.15) is 25.0 Å². The van der Waals surface area contributed by atoms with Gasteiger partial charge >= 0.3 is 0 Å². The highest BCUT2D eigenvalue weighted by Crippen LogP contribution is 2.54. The molecule has 0 amide bonds. The summed E-state index contributed by atoms with van der Waals surface area (Å²) in [5.74, 6) is 0. The maximum Gasteiger partial charge on any atom is 0.137 e. The third-order valence-electron chi connectivity index (χ3n) is 13.2. The minimum atomic E-state index is -0.157. The molecule has 1 aliphatic carbocycles. The first-order valence-electron chi connectivity index (χ1n) is 21.5. The van der Waals surface area contributed by atoms with Crippen molar-refractivity contribution in [1.82, 2.24) is 9.38 Å². The molecule has 1 aliphatic rings. The lowest BCUT2D eigenvalue weighted by Crippen LogP contribution is -2.14. The standard InChI is InChI=1S/C60H42N2/c1-60(2)54-24-10-9-23-48(54)50-36-52-53(37-55(50)60)59(47-22-14-20-44(34-47)40-17-7-4-8-18-40)51-35-45(41-26-28-42(29-27-41)56-38-62-32-12-11-25-57(62)61-56)30-31-49(51)58(52)46-21-13-19-43(33-46)39-15-5-3-6-16-39/h3-38H,1-2H3. The van der Waals surface area contributed by atoms with E-state index in [-0.39, 0.29) is 5.41 Å². The van der Waals surface area contributed by atoms with Crippen LogP contribution in [-0.4, -0.2) is 9.38 Å². The third-order valence-corrected chi connectivity index (χ3v) is 13.2. The van der Waals surface area contributed by atoms with Gasteiger partial charge in [-0.15, -0.1) is 0 Å². The molecular formula is C60H42N2. The first kappa shape index (κ1) is 36.1. The lowest BCUT2D eigenvalue weighted by molar-refractivity contribution is 0.661. The fourth-order valence-electron chi connectivity index (χ4n) is 10.1. The molecule has 292 valence electrons. The summed E-state index contributed by atoms with van der Waals surface area (Å²) in [6.07, 6.45) is 4.15. The number of hydrogen-bond acceptors (Lipinski definition) is 1. The molecule has 62 heavy (non-hydrogen) atoms. The van der Waals surface area contributed by atoms with Crippen LogP contribution in [0.5, 0.6) is 0 Å². The van der Waals surface area contributed by atoms with E-state index in [2.05, 4.69) is 213 Å². The molecule has 0 saturated heterocycles. The summed E-state index contributed by atoms with van der Waals surface area (Å²) < 4.78 is 2.08. The van der Waals surface area contributed by atoms with Crippen molar-refractivity contribution in [3.63, 3.8) is 0 Å². The highest BCUT2D eigenvalue weighted by molar-refractivity contribution is 6.23. The molecule has 0 aliphatic heterocycles. The van der Waals surface area contributed by atoms with Crippen molar-refractivity contribution < 1.29 is 0 Å². The molecule has 2 nitrogen and oxygen atoms in total. The van der Waals surface area contributed by atoms with Crippen LogP contribution in [0.2, 0.25) is 0 Å². The molecule has 0 spiro atoms. The van der Waals surface area contributed by atoms with E-state index in [1.54, 1.807) is 0 Å². The Hall–Kier alpha value is -7.81. The van der Waals surface area contributed by atoms with Crippen molar-refractivity contribution in [2.24, 2.45) is 0 Å². The largest absolute Gasteiger partial charge is 0.306 e. The summed E-state index contributed by atoms with van der Waals surface area (Å²) in [4.78, 5) is 4.90. The van der Waals surface area contributed by atoms with Gasteiger partial charge in [0.25, 0.3) is 0 Å². The van der Waals surface area contributed by atoms with Gasteiger partial charge in [-0.05, 0) is 142 Å². The average Bonchev–Trinajstić information content (AvgIpc) is 3.87. The predicted molar refractivity (Wildman–Crippen MR) is 260 cm³/mol. The van der Waals surface area contributed by atoms with Crippen LogP contribution in [0, 0.1) is 0 Å². The Balaban J connectivity index is 1.15. The SMILES string of the molecule is CC1(C)c2ccccc2-c2cc3c(-c4cccc(-c5ccccc5)c4)c4ccc(-c5ccc(-c6cn7ccccc7n6)cc5)cc4c(-c4cccc(-c5ccccc5)c4)c3cc21. The zero-order chi connectivity index (χ0) is 41.4. The molecule has 0 unspecified atom stereocenters. The maximum absolute atomic E-state index is 4.90. The molecule has 0 bridgehead atoms. The molecule has 12 rings (SSSR count). The van der Waals surface area contributed by atoms with Crippen molar-refractivity contribution in [2.75, 3.05) is 0 Å². The molecule has 0 atom stereocenters. The van der Waals surface area contributed by atoms with E-state index in [1.807, 2.05) is 24.4 Å². The number of benzene rings is 9. The molecule has 0 N–H and O–H groups in total. The van der Waals surface area contributed by atoms with E-state index in [1.165, 1.54) is 99.4 Å². The Morgan fingerprint density at radius 2 is 0.871 bits per heavy atom. The van der Waals surface area contributed by atoms with E-state index in [4.69, 9.17) is 4.98 Å². The fraction of sp³-hybridized carbons (Fsp3) is 0.0500. The van der Waals surface area contributed by atoms with Crippen LogP contribution in [0.3, 0.4) is 0 Å². The van der Waals surface area contributed by atoms with Gasteiger partial charge in [0.1, 0.15) is 5.65 Å². The van der Waals surface area contributed by atoms with Crippen LogP contribution >= 0.6 is 0 Å². The molecule has 0 fully saturated rings. The van der Waals surface area contributed by atoms with Crippen LogP contribution in [0.25, 0.3) is 105 Å². The molecular weight excluding hydrogens is 749 g/mol. The molecule has 11 aromatic rings. The summed E-state index contributed by atoms with van der Waals surface area (Å²) >= 11 is 0. The Kier molecular flexibility index (Phi) is 8.23. The van der Waals surface area contributed by atoms with Crippen LogP contribution in [0.15, 0.2) is 219 Å². The third kappa shape index (κ3) is 5.83. The van der Waals surface area contributed by atoms with E-state index in [0.717, 1.165) is 16.9 Å². The summed E-state index contributed by atoms with van der Waals surface area (Å²) in [5.41, 5.74) is 20.4. The molecule has 2 aromatic heterocycles. The van der Waals surface area contributed by atoms with Gasteiger partial charge in [0, 0.05) is 23.4 Å². The number of fused-ring (bicyclic) bond motifs is 6. The van der Waals surface area contributed by atoms with Crippen LogP contribution in [0.4, 0.5) is 0 Å². The van der Waals surface area contributed by atoms with E-state index in [0.29, 0.717) is 0 Å². The Bertz CT molecular complexity index is 3490. The number of rotatable bonds is 6. The molecule has 0 radical (unpaired) electrons. The second-order valence-corrected chi connectivity index (χ2v) is 17.2. The monoisotopic (exact) mass is 790 g/mol. The van der Waals surface area contributed by atoms with Crippen LogP contribution < -0.4 is 0 Å². The van der Waals surface area contributed by atoms with Gasteiger partial charge in [-0.3, -0.25) is 0 Å². The van der Waals surface area contributed by atoms with Gasteiger partial charge in [-0.2, -0.15) is 0 Å². The Morgan fingerprint density at radius 1 is 0.355 bits per heavy atom. The average molecular weight is 791 g/mol. The second kappa shape index (κ2) is 14.1. The van der Waals surface area contributed by atoms with Crippen molar-refractivity contribution >= 4 is 27.2 Å². The quantitative estimate of drug-likeness (QED) is 0.153. The normalized spacial score (nSPS) is 12.8. The Morgan fingerprint density at radius 3 is 1.56 bits per heavy atom. The van der Waals surface area contributed by atoms with Gasteiger partial charge in [0.2, 0.25) is 0 Å². The predicted octanol–water partition coefficient (Wildman–Crippen LogP) is 15.9. The highest BCUT2D eigenvalue weighted by Gasteiger charge is 2.36. The first-order chi connectivity index (χ1) is 30.5. The van der Waals surface area contributed by atoms with Gasteiger partial charge < -0.3 is 4.40 Å². The van der Waals surface area contributed by atoms with Crippen molar-refractivity contribution in [3.8, 4) is 78.0 Å². The lowest BCUT2D eigenvalue weighted by atomic mass is 9.79. The number of nitrogens with zero attached hydrogens (tertiary/aromatic N) is 2. The van der Waals surface area contributed by atoms with Crippen molar-refractivity contribution in [1.29, 1.82) is 0 Å². The molecule has 2 heterocycles. The zero-order valence-electron chi connectivity index (χ0n) is 34.7. The van der Waals surface area contributed by atoms with E-state index < -0.39 is 0 Å². The van der Waals surface area contributed by atoms with E-state index >= 15 is 0 Å². The number of aromatic nitrogens is 2. The molecule has 0 saturated carbocycles. The first-order valence-corrected chi connectivity index (χ1v) is 21.5. The van der Waals surface area contributed by atoms with Gasteiger partial charge in [0.15, 0.2) is 0 Å². The van der Waals surface area contributed by atoms with Gasteiger partial charge in [-0.25, -0.2) is 4.98 Å². The second-order valence-electron chi connectivity index (χ2n) is 17.2. The zero-order valence-corrected chi connectivity index (χ0v) is 34.7. The smallest absolute Gasteiger partial charge is 0.137 e. The summed E-state index contributed by atoms with van der Waals surface area (Å²) in [6.45, 7) is 4.77. The maximum atomic E-state index is 4.90. The van der Waals surface area contributed by atoms with E-state index in [9.17, 15) is 0 Å². The van der Waals surface area contributed by atoms with Gasteiger partial charge in [0.05, 0.1) is 5.69 Å². The minimum Gasteiger partial charge on any atom is -0.306 e. The Labute approximate surface area is 362 Å². The number of hydrogen-bond donors (Lipinski definition) is 0. The number of imidazole rings is 1. The summed E-state index contributed by atoms with van der Waals surface area (Å²) in [5, 5.41) is 5.00. The van der Waals surface area contributed by atoms with Crippen LogP contribution in [-0.2, 0) is 5.41 Å². The lowest BCUT2D eigenvalue weighted by Gasteiger charge is -2.24. The van der Waals surface area contributed by atoms with Crippen molar-refractivity contribution in [3.05, 3.63) is 230 Å². The van der Waals surface area contributed by atoms with Crippen molar-refractivity contribution in [2.45, 2.75) is 19.3 Å². The highest BCUT2D eigenvalue weighted by atomic mass is 15.0. The number of pyridine rings is 1. The topological polar surface area (TPSA) is 17.3 Å². The summed E-state index contributed by atoms with van der Waals surface area (Å²) in [7, 11) is 0. The molecule has 9 aromatic carbocycles. The minimum absolute atomic E-state index is 0.157. The van der Waals surface area contributed by atoms with Gasteiger partial charge in [-0.1, -0.05) is 178 Å². The molecule has 2 heteroatoms. The fourth-order valence-corrected chi connectivity index (χ4v) is 10.1. The summed E-state index contributed by atoms with van der Waals surface area (Å²) in [6, 6.07) is 76.0.